The second-order valence-corrected chi connectivity index (χ2v) is 3.63. The highest BCUT2D eigenvalue weighted by Gasteiger charge is 2.39. The van der Waals surface area contributed by atoms with Gasteiger partial charge in [0.1, 0.15) is 5.60 Å². The quantitative estimate of drug-likeness (QED) is 0.721. The first kappa shape index (κ1) is 11.0. The summed E-state index contributed by atoms with van der Waals surface area (Å²) in [7, 11) is 0. The standard InChI is InChI=1S/C10H12N3O3/c14-9(15)5-10(6-11-3-4-16-10)8-1-2-12-7-13-8/h1-2,11H,3-6H2,(H,14,15). The van der Waals surface area contributed by atoms with Crippen LogP contribution in [0.15, 0.2) is 12.3 Å². The van der Waals surface area contributed by atoms with Gasteiger partial charge < -0.3 is 15.2 Å². The number of nitrogens with one attached hydrogen (secondary N) is 1. The van der Waals surface area contributed by atoms with Crippen molar-refractivity contribution in [1.82, 2.24) is 15.3 Å². The van der Waals surface area contributed by atoms with Crippen LogP contribution in [0.1, 0.15) is 12.1 Å². The van der Waals surface area contributed by atoms with Crippen LogP contribution in [0.5, 0.6) is 0 Å². The van der Waals surface area contributed by atoms with Gasteiger partial charge in [0.25, 0.3) is 0 Å². The summed E-state index contributed by atoms with van der Waals surface area (Å²) in [6, 6.07) is 1.66. The Balaban J connectivity index is 2.29. The van der Waals surface area contributed by atoms with Crippen LogP contribution in [0.3, 0.4) is 0 Å². The number of hydrogen-bond donors (Lipinski definition) is 2. The number of aliphatic carboxylic acids is 1. The lowest BCUT2D eigenvalue weighted by molar-refractivity contribution is -0.149. The Labute approximate surface area is 92.7 Å². The average molecular weight is 222 g/mol. The summed E-state index contributed by atoms with van der Waals surface area (Å²) in [5.74, 6) is -0.915. The Morgan fingerprint density at radius 3 is 3.19 bits per heavy atom. The second kappa shape index (κ2) is 4.54. The maximum Gasteiger partial charge on any atom is 0.306 e. The predicted octanol–water partition coefficient (Wildman–Crippen LogP) is -0.433. The molecule has 1 aromatic heterocycles. The first-order valence-electron chi connectivity index (χ1n) is 4.99. The van der Waals surface area contributed by atoms with Crippen molar-refractivity contribution in [2.24, 2.45) is 0 Å². The number of rotatable bonds is 3. The van der Waals surface area contributed by atoms with Gasteiger partial charge in [-0.2, -0.15) is 0 Å². The summed E-state index contributed by atoms with van der Waals surface area (Å²) in [5.41, 5.74) is -0.346. The maximum atomic E-state index is 10.9. The summed E-state index contributed by atoms with van der Waals surface area (Å²) >= 11 is 0. The predicted molar refractivity (Wildman–Crippen MR) is 53.6 cm³/mol. The number of carboxylic acids is 1. The smallest absolute Gasteiger partial charge is 0.306 e. The molecular weight excluding hydrogens is 210 g/mol. The van der Waals surface area contributed by atoms with Gasteiger partial charge in [0, 0.05) is 19.3 Å². The molecule has 16 heavy (non-hydrogen) atoms. The number of carbonyl (C=O) groups is 1. The van der Waals surface area contributed by atoms with Gasteiger partial charge in [-0.1, -0.05) is 0 Å². The molecule has 2 heterocycles. The molecule has 1 fully saturated rings. The van der Waals surface area contributed by atoms with Crippen LogP contribution in [0.25, 0.3) is 0 Å². The highest BCUT2D eigenvalue weighted by Crippen LogP contribution is 2.28. The van der Waals surface area contributed by atoms with E-state index in [-0.39, 0.29) is 6.42 Å². The number of morpholine rings is 1. The van der Waals surface area contributed by atoms with Crippen LogP contribution in [0.2, 0.25) is 0 Å². The molecule has 1 unspecified atom stereocenters. The SMILES string of the molecule is O=C(O)CC1(c2ccn[c]n2)CNCCO1. The number of ether oxygens (including phenoxy) is 1. The summed E-state index contributed by atoms with van der Waals surface area (Å²) in [5, 5.41) is 12.0. The molecule has 0 amide bonds. The van der Waals surface area contributed by atoms with E-state index in [0.717, 1.165) is 6.54 Å². The monoisotopic (exact) mass is 222 g/mol. The van der Waals surface area contributed by atoms with Crippen LogP contribution in [0, 0.1) is 6.33 Å². The molecule has 1 aliphatic heterocycles. The van der Waals surface area contributed by atoms with Crippen molar-refractivity contribution in [3.05, 3.63) is 24.3 Å². The number of nitrogens with zero attached hydrogens (tertiary/aromatic N) is 2. The Bertz CT molecular complexity index is 363. The Morgan fingerprint density at radius 1 is 1.75 bits per heavy atom. The first-order chi connectivity index (χ1) is 7.73. The van der Waals surface area contributed by atoms with Gasteiger partial charge in [-0.3, -0.25) is 4.79 Å². The molecule has 1 aromatic rings. The zero-order valence-electron chi connectivity index (χ0n) is 8.64. The summed E-state index contributed by atoms with van der Waals surface area (Å²) in [4.78, 5) is 18.5. The fraction of sp³-hybridized carbons (Fsp3) is 0.500. The molecule has 0 aromatic carbocycles. The van der Waals surface area contributed by atoms with Gasteiger partial charge >= 0.3 is 5.97 Å². The molecule has 1 radical (unpaired) electrons. The van der Waals surface area contributed by atoms with Gasteiger partial charge in [-0.25, -0.2) is 9.97 Å². The Morgan fingerprint density at radius 2 is 2.62 bits per heavy atom. The molecule has 2 rings (SSSR count). The molecule has 6 heteroatoms. The molecule has 1 aliphatic rings. The van der Waals surface area contributed by atoms with E-state index in [1.165, 1.54) is 6.20 Å². The van der Waals surface area contributed by atoms with E-state index in [1.54, 1.807) is 6.07 Å². The summed E-state index contributed by atoms with van der Waals surface area (Å²) in [6.07, 6.45) is 3.87. The van der Waals surface area contributed by atoms with Crippen LogP contribution in [-0.4, -0.2) is 40.7 Å². The minimum Gasteiger partial charge on any atom is -0.481 e. The van der Waals surface area contributed by atoms with E-state index in [9.17, 15) is 4.79 Å². The first-order valence-corrected chi connectivity index (χ1v) is 4.99. The lowest BCUT2D eigenvalue weighted by Gasteiger charge is -2.35. The highest BCUT2D eigenvalue weighted by molar-refractivity contribution is 5.68. The van der Waals surface area contributed by atoms with Crippen molar-refractivity contribution in [1.29, 1.82) is 0 Å². The zero-order valence-corrected chi connectivity index (χ0v) is 8.64. The maximum absolute atomic E-state index is 10.9. The number of carboxylic acid groups (broad SMARTS) is 1. The van der Waals surface area contributed by atoms with E-state index in [0.29, 0.717) is 18.8 Å². The molecule has 0 spiro atoms. The summed E-state index contributed by atoms with van der Waals surface area (Å²) < 4.78 is 5.61. The van der Waals surface area contributed by atoms with Gasteiger partial charge in [0.05, 0.1) is 18.7 Å². The van der Waals surface area contributed by atoms with Crippen LogP contribution >= 0.6 is 0 Å². The Kier molecular flexibility index (Phi) is 3.12. The van der Waals surface area contributed by atoms with Crippen molar-refractivity contribution >= 4 is 5.97 Å². The van der Waals surface area contributed by atoms with E-state index < -0.39 is 11.6 Å². The third-order valence-corrected chi connectivity index (χ3v) is 2.51. The van der Waals surface area contributed by atoms with Crippen molar-refractivity contribution in [2.75, 3.05) is 19.7 Å². The third kappa shape index (κ3) is 2.17. The van der Waals surface area contributed by atoms with Gasteiger partial charge in [-0.05, 0) is 6.07 Å². The highest BCUT2D eigenvalue weighted by atomic mass is 16.5. The van der Waals surface area contributed by atoms with E-state index in [2.05, 4.69) is 21.6 Å². The van der Waals surface area contributed by atoms with E-state index >= 15 is 0 Å². The second-order valence-electron chi connectivity index (χ2n) is 3.63. The summed E-state index contributed by atoms with van der Waals surface area (Å²) in [6.45, 7) is 1.62. The van der Waals surface area contributed by atoms with Crippen LogP contribution in [0.4, 0.5) is 0 Å². The Hall–Kier alpha value is -1.53. The molecule has 2 N–H and O–H groups in total. The molecule has 0 saturated carbocycles. The molecular formula is C10H12N3O3. The van der Waals surface area contributed by atoms with Crippen LogP contribution in [-0.2, 0) is 15.1 Å². The van der Waals surface area contributed by atoms with Gasteiger partial charge in [-0.15, -0.1) is 0 Å². The fourth-order valence-corrected chi connectivity index (χ4v) is 1.79. The minimum absolute atomic E-state index is 0.120. The van der Waals surface area contributed by atoms with Crippen LogP contribution < -0.4 is 5.32 Å². The molecule has 0 aliphatic carbocycles. The van der Waals surface area contributed by atoms with E-state index in [4.69, 9.17) is 9.84 Å². The topological polar surface area (TPSA) is 84.3 Å². The number of hydrogen-bond acceptors (Lipinski definition) is 5. The number of aromatic nitrogens is 2. The van der Waals surface area contributed by atoms with Crippen molar-refractivity contribution in [2.45, 2.75) is 12.0 Å². The molecule has 1 saturated heterocycles. The van der Waals surface area contributed by atoms with Gasteiger partial charge in [0.2, 0.25) is 0 Å². The van der Waals surface area contributed by atoms with Crippen molar-refractivity contribution < 1.29 is 14.6 Å². The molecule has 1 atom stereocenters. The van der Waals surface area contributed by atoms with Crippen molar-refractivity contribution in [3.63, 3.8) is 0 Å². The lowest BCUT2D eigenvalue weighted by Crippen LogP contribution is -2.49. The normalized spacial score (nSPS) is 25.2. The minimum atomic E-state index is -0.915. The lowest BCUT2D eigenvalue weighted by atomic mass is 9.93. The molecule has 6 nitrogen and oxygen atoms in total. The third-order valence-electron chi connectivity index (χ3n) is 2.51. The van der Waals surface area contributed by atoms with Gasteiger partial charge in [0.15, 0.2) is 6.33 Å². The van der Waals surface area contributed by atoms with E-state index in [1.807, 2.05) is 0 Å². The zero-order chi connectivity index (χ0) is 11.4. The fourth-order valence-electron chi connectivity index (χ4n) is 1.79. The largest absolute Gasteiger partial charge is 0.481 e. The molecule has 85 valence electrons. The average Bonchev–Trinajstić information content (AvgIpc) is 2.30. The van der Waals surface area contributed by atoms with Crippen molar-refractivity contribution in [3.8, 4) is 0 Å². The molecule has 0 bridgehead atoms.